The molecule has 56 valence electrons. The molecule has 0 unspecified atom stereocenters. The van der Waals surface area contributed by atoms with E-state index in [1.165, 1.54) is 0 Å². The zero-order valence-corrected chi connectivity index (χ0v) is 6.12. The van der Waals surface area contributed by atoms with Crippen LogP contribution in [0.15, 0.2) is 24.7 Å². The van der Waals surface area contributed by atoms with E-state index in [0.717, 1.165) is 12.8 Å². The molecule has 0 spiro atoms. The molecule has 1 rings (SSSR count). The van der Waals surface area contributed by atoms with Gasteiger partial charge in [0.25, 0.3) is 0 Å². The fraction of sp³-hybridized carbons (Fsp3) is 0.500. The smallest absolute Gasteiger partial charge is 0.239 e. The van der Waals surface area contributed by atoms with Crippen LogP contribution >= 0.6 is 0 Å². The molecule has 0 saturated heterocycles. The Morgan fingerprint density at radius 2 is 2.10 bits per heavy atom. The van der Waals surface area contributed by atoms with Crippen LogP contribution in [-0.4, -0.2) is 6.29 Å². The van der Waals surface area contributed by atoms with Crippen molar-refractivity contribution in [1.82, 2.24) is 0 Å². The third kappa shape index (κ3) is 2.13. The SMILES string of the molecule is C/C=C\CCC1OC=CO1. The van der Waals surface area contributed by atoms with E-state index < -0.39 is 0 Å². The summed E-state index contributed by atoms with van der Waals surface area (Å²) in [5.41, 5.74) is 0. The Morgan fingerprint density at radius 1 is 1.40 bits per heavy atom. The van der Waals surface area contributed by atoms with Crippen LogP contribution in [0.25, 0.3) is 0 Å². The molecular formula is C8H12O2. The zero-order chi connectivity index (χ0) is 7.23. The van der Waals surface area contributed by atoms with Crippen LogP contribution in [0.2, 0.25) is 0 Å². The Bertz CT molecular complexity index is 130. The number of hydrogen-bond acceptors (Lipinski definition) is 2. The lowest BCUT2D eigenvalue weighted by molar-refractivity contribution is -0.0270. The van der Waals surface area contributed by atoms with Gasteiger partial charge in [-0.2, -0.15) is 0 Å². The minimum absolute atomic E-state index is 0.0452. The second kappa shape index (κ2) is 3.99. The first kappa shape index (κ1) is 7.19. The molecule has 0 fully saturated rings. The molecule has 2 heteroatoms. The third-order valence-electron chi connectivity index (χ3n) is 1.32. The number of ether oxygens (including phenoxy) is 2. The third-order valence-corrected chi connectivity index (χ3v) is 1.32. The largest absolute Gasteiger partial charge is 0.459 e. The van der Waals surface area contributed by atoms with Gasteiger partial charge in [0.05, 0.1) is 0 Å². The second-order valence-corrected chi connectivity index (χ2v) is 2.12. The molecule has 0 bridgehead atoms. The maximum Gasteiger partial charge on any atom is 0.239 e. The van der Waals surface area contributed by atoms with Crippen LogP contribution in [0, 0.1) is 0 Å². The Kier molecular flexibility index (Phi) is 2.87. The Balaban J connectivity index is 2.03. The summed E-state index contributed by atoms with van der Waals surface area (Å²) in [4.78, 5) is 0. The maximum absolute atomic E-state index is 5.06. The summed E-state index contributed by atoms with van der Waals surface area (Å²) in [6.45, 7) is 2.01. The van der Waals surface area contributed by atoms with E-state index in [0.29, 0.717) is 0 Å². The van der Waals surface area contributed by atoms with Gasteiger partial charge in [0.1, 0.15) is 12.5 Å². The number of allylic oxidation sites excluding steroid dienone is 2. The first-order chi connectivity index (χ1) is 4.93. The second-order valence-electron chi connectivity index (χ2n) is 2.12. The minimum Gasteiger partial charge on any atom is -0.459 e. The van der Waals surface area contributed by atoms with E-state index in [1.54, 1.807) is 12.5 Å². The van der Waals surface area contributed by atoms with Crippen LogP contribution in [0.1, 0.15) is 19.8 Å². The quantitative estimate of drug-likeness (QED) is 0.559. The highest BCUT2D eigenvalue weighted by Crippen LogP contribution is 2.10. The molecule has 1 aliphatic rings. The molecule has 1 heterocycles. The van der Waals surface area contributed by atoms with Crippen LogP contribution in [-0.2, 0) is 9.47 Å². The number of rotatable bonds is 3. The summed E-state index contributed by atoms with van der Waals surface area (Å²) in [6, 6.07) is 0. The summed E-state index contributed by atoms with van der Waals surface area (Å²) in [7, 11) is 0. The predicted molar refractivity (Wildman–Crippen MR) is 39.1 cm³/mol. The lowest BCUT2D eigenvalue weighted by Crippen LogP contribution is -2.05. The molecule has 0 saturated carbocycles. The minimum atomic E-state index is -0.0452. The number of hydrogen-bond donors (Lipinski definition) is 0. The molecule has 0 radical (unpaired) electrons. The van der Waals surface area contributed by atoms with E-state index in [4.69, 9.17) is 9.47 Å². The highest BCUT2D eigenvalue weighted by molar-refractivity contribution is 4.79. The van der Waals surface area contributed by atoms with Crippen molar-refractivity contribution in [2.45, 2.75) is 26.1 Å². The van der Waals surface area contributed by atoms with Crippen LogP contribution in [0.4, 0.5) is 0 Å². The molecule has 2 nitrogen and oxygen atoms in total. The molecule has 0 aliphatic carbocycles. The predicted octanol–water partition coefficient (Wildman–Crippen LogP) is 2.19. The van der Waals surface area contributed by atoms with Gasteiger partial charge in [-0.05, 0) is 13.3 Å². The average Bonchev–Trinajstić information content (AvgIpc) is 2.41. The molecule has 1 aliphatic heterocycles. The van der Waals surface area contributed by atoms with E-state index in [9.17, 15) is 0 Å². The zero-order valence-electron chi connectivity index (χ0n) is 6.12. The van der Waals surface area contributed by atoms with Crippen LogP contribution in [0.3, 0.4) is 0 Å². The summed E-state index contributed by atoms with van der Waals surface area (Å²) >= 11 is 0. The molecular weight excluding hydrogens is 128 g/mol. The van der Waals surface area contributed by atoms with Gasteiger partial charge in [0, 0.05) is 6.42 Å². The van der Waals surface area contributed by atoms with Crippen molar-refractivity contribution in [2.75, 3.05) is 0 Å². The van der Waals surface area contributed by atoms with E-state index in [1.807, 2.05) is 13.0 Å². The highest BCUT2D eigenvalue weighted by atomic mass is 16.7. The first-order valence-corrected chi connectivity index (χ1v) is 3.50. The van der Waals surface area contributed by atoms with Gasteiger partial charge in [0.15, 0.2) is 0 Å². The van der Waals surface area contributed by atoms with Gasteiger partial charge < -0.3 is 9.47 Å². The fourth-order valence-electron chi connectivity index (χ4n) is 0.807. The van der Waals surface area contributed by atoms with Crippen molar-refractivity contribution in [3.05, 3.63) is 24.7 Å². The summed E-state index contributed by atoms with van der Waals surface area (Å²) in [6.07, 6.45) is 9.20. The van der Waals surface area contributed by atoms with E-state index in [2.05, 4.69) is 6.08 Å². The average molecular weight is 140 g/mol. The fourth-order valence-corrected chi connectivity index (χ4v) is 0.807. The summed E-state index contributed by atoms with van der Waals surface area (Å²) < 4.78 is 10.1. The van der Waals surface area contributed by atoms with Crippen molar-refractivity contribution < 1.29 is 9.47 Å². The van der Waals surface area contributed by atoms with E-state index >= 15 is 0 Å². The lowest BCUT2D eigenvalue weighted by Gasteiger charge is -2.06. The summed E-state index contributed by atoms with van der Waals surface area (Å²) in [5.74, 6) is 0. The van der Waals surface area contributed by atoms with Crippen LogP contribution < -0.4 is 0 Å². The normalized spacial score (nSPS) is 17.7. The van der Waals surface area contributed by atoms with Crippen molar-refractivity contribution in [3.63, 3.8) is 0 Å². The van der Waals surface area contributed by atoms with Crippen molar-refractivity contribution in [3.8, 4) is 0 Å². The van der Waals surface area contributed by atoms with Gasteiger partial charge >= 0.3 is 0 Å². The first-order valence-electron chi connectivity index (χ1n) is 3.50. The molecule has 10 heavy (non-hydrogen) atoms. The van der Waals surface area contributed by atoms with Crippen molar-refractivity contribution in [2.24, 2.45) is 0 Å². The van der Waals surface area contributed by atoms with Gasteiger partial charge in [-0.3, -0.25) is 0 Å². The van der Waals surface area contributed by atoms with Gasteiger partial charge in [-0.1, -0.05) is 12.2 Å². The van der Waals surface area contributed by atoms with Gasteiger partial charge in [0.2, 0.25) is 6.29 Å². The van der Waals surface area contributed by atoms with Crippen molar-refractivity contribution >= 4 is 0 Å². The Labute approximate surface area is 61.1 Å². The highest BCUT2D eigenvalue weighted by Gasteiger charge is 2.09. The monoisotopic (exact) mass is 140 g/mol. The molecule has 0 amide bonds. The lowest BCUT2D eigenvalue weighted by atomic mass is 10.3. The molecule has 0 N–H and O–H groups in total. The van der Waals surface area contributed by atoms with Crippen LogP contribution in [0.5, 0.6) is 0 Å². The Morgan fingerprint density at radius 3 is 2.70 bits per heavy atom. The Hall–Kier alpha value is -0.920. The molecule has 0 aromatic rings. The molecule has 0 aromatic heterocycles. The summed E-state index contributed by atoms with van der Waals surface area (Å²) in [5, 5.41) is 0. The molecule has 0 atom stereocenters. The van der Waals surface area contributed by atoms with Crippen molar-refractivity contribution in [1.29, 1.82) is 0 Å². The van der Waals surface area contributed by atoms with Gasteiger partial charge in [-0.25, -0.2) is 0 Å². The topological polar surface area (TPSA) is 18.5 Å². The van der Waals surface area contributed by atoms with E-state index in [-0.39, 0.29) is 6.29 Å². The maximum atomic E-state index is 5.06. The van der Waals surface area contributed by atoms with Gasteiger partial charge in [-0.15, -0.1) is 0 Å². The molecule has 0 aromatic carbocycles. The standard InChI is InChI=1S/C8H12O2/c1-2-3-4-5-8-9-6-7-10-8/h2-3,6-8H,4-5H2,1H3/b3-2-.